The number of carbonyl (C=O) groups excluding carboxylic acids is 1. The van der Waals surface area contributed by atoms with Crippen molar-refractivity contribution >= 4 is 38.9 Å². The maximum atomic E-state index is 13.1. The lowest BCUT2D eigenvalue weighted by atomic mass is 9.77. The van der Waals surface area contributed by atoms with Crippen molar-refractivity contribution in [3.63, 3.8) is 0 Å². The second kappa shape index (κ2) is 5.46. The van der Waals surface area contributed by atoms with E-state index >= 15 is 0 Å². The topological polar surface area (TPSA) is 32.3 Å². The molecule has 1 aromatic carbocycles. The molecule has 3 saturated heterocycles. The number of halogens is 1. The van der Waals surface area contributed by atoms with Gasteiger partial charge < -0.3 is 5.32 Å². The second-order valence-corrected chi connectivity index (χ2v) is 10.1. The molecule has 5 aliphatic rings. The first-order valence-electron chi connectivity index (χ1n) is 9.93. The lowest BCUT2D eigenvalue weighted by Gasteiger charge is -2.52. The monoisotopic (exact) mass is 386 g/mol. The van der Waals surface area contributed by atoms with Crippen LogP contribution in [0.25, 0.3) is 10.1 Å². The number of piperidine rings is 3. The minimum atomic E-state index is 0.0975. The van der Waals surface area contributed by atoms with Gasteiger partial charge in [-0.3, -0.25) is 9.69 Å². The van der Waals surface area contributed by atoms with Crippen molar-refractivity contribution in [2.75, 3.05) is 13.1 Å². The van der Waals surface area contributed by atoms with Crippen LogP contribution in [-0.4, -0.2) is 35.5 Å². The number of hydrogen-bond donors (Lipinski definition) is 1. The van der Waals surface area contributed by atoms with Crippen LogP contribution in [0, 0.1) is 5.92 Å². The molecule has 3 nitrogen and oxygen atoms in total. The van der Waals surface area contributed by atoms with Crippen molar-refractivity contribution in [3.05, 3.63) is 33.7 Å². The van der Waals surface area contributed by atoms with Crippen molar-refractivity contribution in [1.29, 1.82) is 0 Å². The molecule has 5 fully saturated rings. The summed E-state index contributed by atoms with van der Waals surface area (Å²) in [6, 6.07) is 6.65. The van der Waals surface area contributed by atoms with E-state index in [0.29, 0.717) is 17.9 Å². The smallest absolute Gasteiger partial charge is 0.261 e. The third-order valence-electron chi connectivity index (χ3n) is 7.17. The molecular weight excluding hydrogens is 364 g/mol. The molecule has 2 saturated carbocycles. The number of hydrogen-bond acceptors (Lipinski definition) is 3. The minimum absolute atomic E-state index is 0.0975. The van der Waals surface area contributed by atoms with Gasteiger partial charge in [0.05, 0.1) is 20.6 Å². The average Bonchev–Trinajstić information content (AvgIpc) is 3.58. The number of fused-ring (bicyclic) bond motifs is 3. The summed E-state index contributed by atoms with van der Waals surface area (Å²) in [6.07, 6.45) is 7.44. The molecule has 1 atom stereocenters. The summed E-state index contributed by atoms with van der Waals surface area (Å²) >= 11 is 8.23. The number of nitrogens with one attached hydrogen (secondary N) is 1. The number of rotatable bonds is 3. The fraction of sp³-hybridized carbons (Fsp3) is 0.571. The number of nitrogens with zero attached hydrogens (tertiary/aromatic N) is 1. The van der Waals surface area contributed by atoms with Gasteiger partial charge in [-0.2, -0.15) is 0 Å². The third kappa shape index (κ3) is 2.25. The summed E-state index contributed by atoms with van der Waals surface area (Å²) in [7, 11) is 0. The van der Waals surface area contributed by atoms with Crippen molar-refractivity contribution in [3.8, 4) is 0 Å². The van der Waals surface area contributed by atoms with E-state index in [0.717, 1.165) is 20.0 Å². The van der Waals surface area contributed by atoms with Crippen LogP contribution in [0.2, 0.25) is 5.02 Å². The number of benzene rings is 1. The molecule has 3 aliphatic heterocycles. The Labute approximate surface area is 162 Å². The van der Waals surface area contributed by atoms with Crippen LogP contribution in [0.3, 0.4) is 0 Å². The summed E-state index contributed by atoms with van der Waals surface area (Å²) in [5, 5.41) is 5.41. The third-order valence-corrected chi connectivity index (χ3v) is 8.85. The van der Waals surface area contributed by atoms with Gasteiger partial charge >= 0.3 is 0 Å². The number of amides is 1. The van der Waals surface area contributed by atoms with Crippen molar-refractivity contribution in [2.24, 2.45) is 5.92 Å². The maximum Gasteiger partial charge on any atom is 0.261 e. The highest BCUT2D eigenvalue weighted by Crippen LogP contribution is 2.54. The summed E-state index contributed by atoms with van der Waals surface area (Å²) in [5.74, 6) is 1.39. The average molecular weight is 387 g/mol. The molecule has 4 heterocycles. The van der Waals surface area contributed by atoms with Crippen LogP contribution in [0.5, 0.6) is 0 Å². The lowest BCUT2D eigenvalue weighted by molar-refractivity contribution is -0.00138. The Balaban J connectivity index is 1.30. The van der Waals surface area contributed by atoms with E-state index in [1.54, 1.807) is 11.3 Å². The summed E-state index contributed by atoms with van der Waals surface area (Å²) in [4.78, 5) is 16.5. The fourth-order valence-corrected chi connectivity index (χ4v) is 6.89. The Kier molecular flexibility index (Phi) is 3.34. The molecule has 2 bridgehead atoms. The van der Waals surface area contributed by atoms with Crippen LogP contribution in [0.15, 0.2) is 18.2 Å². The van der Waals surface area contributed by atoms with Gasteiger partial charge in [0.2, 0.25) is 0 Å². The van der Waals surface area contributed by atoms with Crippen LogP contribution < -0.4 is 5.32 Å². The van der Waals surface area contributed by atoms with Gasteiger partial charge in [0, 0.05) is 5.54 Å². The van der Waals surface area contributed by atoms with Crippen molar-refractivity contribution in [1.82, 2.24) is 10.2 Å². The zero-order valence-corrected chi connectivity index (χ0v) is 16.3. The van der Waals surface area contributed by atoms with Crippen molar-refractivity contribution < 1.29 is 4.79 Å². The quantitative estimate of drug-likeness (QED) is 0.822. The predicted octanol–water partition coefficient (Wildman–Crippen LogP) is 4.79. The van der Waals surface area contributed by atoms with Crippen LogP contribution in [-0.2, 0) is 0 Å². The maximum absolute atomic E-state index is 13.1. The standard InChI is InChI=1S/C21H23ClN2OS/c22-17-15(12-1-2-12)4-3-14-11-16(26-18(14)17)20(25)23-19-13-5-9-24(10-6-13)21(19)7-8-21/h3-4,11-13,19H,1-2,5-10H2,(H,23,25)/t19-/m1/s1. The van der Waals surface area contributed by atoms with Gasteiger partial charge in [0.25, 0.3) is 5.91 Å². The molecule has 2 aliphatic carbocycles. The van der Waals surface area contributed by atoms with E-state index in [9.17, 15) is 4.79 Å². The molecular formula is C21H23ClN2OS. The highest BCUT2D eigenvalue weighted by molar-refractivity contribution is 7.21. The predicted molar refractivity (Wildman–Crippen MR) is 106 cm³/mol. The van der Waals surface area contributed by atoms with Crippen LogP contribution >= 0.6 is 22.9 Å². The Hall–Kier alpha value is -1.10. The van der Waals surface area contributed by atoms with E-state index in [4.69, 9.17) is 11.6 Å². The minimum Gasteiger partial charge on any atom is -0.346 e. The van der Waals surface area contributed by atoms with E-state index in [1.165, 1.54) is 57.2 Å². The Morgan fingerprint density at radius 3 is 2.65 bits per heavy atom. The Morgan fingerprint density at radius 2 is 1.96 bits per heavy atom. The van der Waals surface area contributed by atoms with Gasteiger partial charge in [-0.05, 0) is 80.5 Å². The van der Waals surface area contributed by atoms with E-state index in [1.807, 2.05) is 6.07 Å². The number of carbonyl (C=O) groups is 1. The van der Waals surface area contributed by atoms with Gasteiger partial charge in [0.1, 0.15) is 0 Å². The molecule has 0 unspecified atom stereocenters. The number of thiophene rings is 1. The van der Waals surface area contributed by atoms with Crippen LogP contribution in [0.4, 0.5) is 0 Å². The SMILES string of the molecule is O=C(N[C@@H]1C2CCN(CC2)C12CC2)c1cc2ccc(C3CC3)c(Cl)c2s1. The largest absolute Gasteiger partial charge is 0.346 e. The molecule has 1 amide bonds. The first-order valence-corrected chi connectivity index (χ1v) is 11.1. The highest BCUT2D eigenvalue weighted by atomic mass is 35.5. The van der Waals surface area contributed by atoms with Crippen molar-refractivity contribution in [2.45, 2.75) is 56.0 Å². The first-order chi connectivity index (χ1) is 12.7. The molecule has 26 heavy (non-hydrogen) atoms. The lowest BCUT2D eigenvalue weighted by Crippen LogP contribution is -2.65. The van der Waals surface area contributed by atoms with Gasteiger partial charge in [0.15, 0.2) is 0 Å². The molecule has 2 aromatic rings. The van der Waals surface area contributed by atoms with E-state index in [-0.39, 0.29) is 11.4 Å². The molecule has 5 heteroatoms. The molecule has 1 N–H and O–H groups in total. The van der Waals surface area contributed by atoms with Gasteiger partial charge in [-0.15, -0.1) is 11.3 Å². The van der Waals surface area contributed by atoms with Gasteiger partial charge in [-0.25, -0.2) is 0 Å². The van der Waals surface area contributed by atoms with Crippen LogP contribution in [0.1, 0.15) is 59.7 Å². The fourth-order valence-electron chi connectivity index (χ4n) is 5.44. The first kappa shape index (κ1) is 15.9. The second-order valence-electron chi connectivity index (χ2n) is 8.65. The zero-order chi connectivity index (χ0) is 17.5. The van der Waals surface area contributed by atoms with Gasteiger partial charge in [-0.1, -0.05) is 23.7 Å². The molecule has 0 radical (unpaired) electrons. The summed E-state index contributed by atoms with van der Waals surface area (Å²) in [6.45, 7) is 2.44. The Morgan fingerprint density at radius 1 is 1.19 bits per heavy atom. The zero-order valence-electron chi connectivity index (χ0n) is 14.8. The van der Waals surface area contributed by atoms with E-state index < -0.39 is 0 Å². The van der Waals surface area contributed by atoms with E-state index in [2.05, 4.69) is 22.3 Å². The highest BCUT2D eigenvalue weighted by Gasteiger charge is 2.60. The summed E-state index contributed by atoms with van der Waals surface area (Å²) in [5.41, 5.74) is 1.55. The molecule has 7 rings (SSSR count). The molecule has 136 valence electrons. The Bertz CT molecular complexity index is 906. The summed E-state index contributed by atoms with van der Waals surface area (Å²) < 4.78 is 1.08. The molecule has 1 aromatic heterocycles. The normalized spacial score (nSPS) is 31.5. The molecule has 1 spiro atoms.